The van der Waals surface area contributed by atoms with Gasteiger partial charge in [0.05, 0.1) is 7.11 Å². The van der Waals surface area contributed by atoms with Crippen molar-refractivity contribution in [1.29, 1.82) is 0 Å². The van der Waals surface area contributed by atoms with E-state index in [1.165, 1.54) is 50.6 Å². The van der Waals surface area contributed by atoms with Crippen LogP contribution in [0.2, 0.25) is 0 Å². The lowest BCUT2D eigenvalue weighted by molar-refractivity contribution is -0.152. The summed E-state index contributed by atoms with van der Waals surface area (Å²) < 4.78 is 34.4. The quantitative estimate of drug-likeness (QED) is 0.788. The summed E-state index contributed by atoms with van der Waals surface area (Å²) in [6.07, 6.45) is -2.37. The van der Waals surface area contributed by atoms with E-state index in [2.05, 4.69) is 4.74 Å². The Hall–Kier alpha value is -2.84. The number of hydrogen-bond acceptors (Lipinski definition) is 5. The topological polar surface area (TPSA) is 93.1 Å². The molecule has 0 amide bonds. The van der Waals surface area contributed by atoms with Gasteiger partial charge in [0.2, 0.25) is 0 Å². The first-order chi connectivity index (χ1) is 12.3. The van der Waals surface area contributed by atoms with E-state index >= 15 is 0 Å². The molecule has 0 saturated heterocycles. The fraction of sp³-hybridized carbons (Fsp3) is 0.222. The van der Waals surface area contributed by atoms with Gasteiger partial charge in [0.1, 0.15) is 11.6 Å². The molecule has 0 radical (unpaired) electrons. The van der Waals surface area contributed by atoms with Crippen LogP contribution in [-0.4, -0.2) is 36.4 Å². The molecule has 0 heterocycles. The normalized spacial score (nSPS) is 12.3. The van der Waals surface area contributed by atoms with E-state index in [1.807, 2.05) is 0 Å². The zero-order valence-corrected chi connectivity index (χ0v) is 14.1. The number of esters is 1. The third kappa shape index (κ3) is 6.23. The molecule has 2 unspecified atom stereocenters. The van der Waals surface area contributed by atoms with Crippen LogP contribution < -0.4 is 0 Å². The van der Waals surface area contributed by atoms with E-state index in [4.69, 9.17) is 14.9 Å². The number of aliphatic hydroxyl groups is 1. The zero-order chi connectivity index (χ0) is 19.7. The van der Waals surface area contributed by atoms with Crippen molar-refractivity contribution in [3.8, 4) is 0 Å². The lowest BCUT2D eigenvalue weighted by Crippen LogP contribution is -2.15. The second kappa shape index (κ2) is 10.2. The van der Waals surface area contributed by atoms with Crippen LogP contribution in [0.3, 0.4) is 0 Å². The first-order valence-corrected chi connectivity index (χ1v) is 7.32. The van der Waals surface area contributed by atoms with Gasteiger partial charge >= 0.3 is 11.9 Å². The van der Waals surface area contributed by atoms with Crippen molar-refractivity contribution in [2.45, 2.75) is 12.2 Å². The first kappa shape index (κ1) is 21.2. The molecule has 2 atom stereocenters. The Morgan fingerprint density at radius 3 is 1.65 bits per heavy atom. The van der Waals surface area contributed by atoms with Crippen LogP contribution >= 0.6 is 0 Å². The lowest BCUT2D eigenvalue weighted by atomic mass is 10.1. The molecule has 0 saturated carbocycles. The van der Waals surface area contributed by atoms with Gasteiger partial charge in [0.25, 0.3) is 0 Å². The average Bonchev–Trinajstić information content (AvgIpc) is 2.64. The fourth-order valence-electron chi connectivity index (χ4n) is 1.90. The fourth-order valence-corrected chi connectivity index (χ4v) is 1.90. The van der Waals surface area contributed by atoms with Crippen LogP contribution in [0.25, 0.3) is 0 Å². The van der Waals surface area contributed by atoms with Crippen molar-refractivity contribution in [2.75, 3.05) is 14.2 Å². The van der Waals surface area contributed by atoms with Crippen LogP contribution in [0.5, 0.6) is 0 Å². The number of hydrogen-bond donors (Lipinski definition) is 2. The number of ether oxygens (including phenoxy) is 2. The second-order valence-corrected chi connectivity index (χ2v) is 4.98. The van der Waals surface area contributed by atoms with E-state index in [1.54, 1.807) is 0 Å². The zero-order valence-electron chi connectivity index (χ0n) is 14.1. The van der Waals surface area contributed by atoms with Crippen LogP contribution in [0.4, 0.5) is 8.78 Å². The van der Waals surface area contributed by atoms with Gasteiger partial charge in [-0.15, -0.1) is 0 Å². The Bertz CT molecular complexity index is 715. The molecule has 0 aliphatic heterocycles. The molecule has 26 heavy (non-hydrogen) atoms. The van der Waals surface area contributed by atoms with Gasteiger partial charge in [0.15, 0.2) is 12.2 Å². The predicted octanol–water partition coefficient (Wildman–Crippen LogP) is 2.63. The standard InChI is InChI=1S/C10H11FO3.C8H7FO3/c1-13-9(10(12)14-2)7-3-5-8(11)6-4-7;9-6-3-1-5(2-4-6)7(10)8(11)12/h3-6,9H,1-2H3;1-4,7,10H,(H,11,12). The summed E-state index contributed by atoms with van der Waals surface area (Å²) in [7, 11) is 2.67. The Balaban J connectivity index is 0.000000263. The van der Waals surface area contributed by atoms with Gasteiger partial charge in [-0.3, -0.25) is 0 Å². The van der Waals surface area contributed by atoms with Crippen molar-refractivity contribution >= 4 is 11.9 Å². The average molecular weight is 368 g/mol. The van der Waals surface area contributed by atoms with Crippen LogP contribution in [-0.2, 0) is 19.1 Å². The molecule has 2 rings (SSSR count). The number of benzene rings is 2. The summed E-state index contributed by atoms with van der Waals surface area (Å²) in [4.78, 5) is 21.4. The molecule has 2 aromatic rings. The van der Waals surface area contributed by atoms with E-state index in [9.17, 15) is 18.4 Å². The molecule has 0 spiro atoms. The number of aliphatic hydroxyl groups excluding tert-OH is 1. The monoisotopic (exact) mass is 368 g/mol. The number of methoxy groups -OCH3 is 2. The highest BCUT2D eigenvalue weighted by Crippen LogP contribution is 2.18. The summed E-state index contributed by atoms with van der Waals surface area (Å²) >= 11 is 0. The molecule has 0 aliphatic carbocycles. The summed E-state index contributed by atoms with van der Waals surface area (Å²) in [6, 6.07) is 10.2. The van der Waals surface area contributed by atoms with Gasteiger partial charge < -0.3 is 19.7 Å². The highest BCUT2D eigenvalue weighted by Gasteiger charge is 2.20. The molecule has 0 aliphatic rings. The Morgan fingerprint density at radius 2 is 1.31 bits per heavy atom. The molecule has 2 N–H and O–H groups in total. The summed E-state index contributed by atoms with van der Waals surface area (Å²) in [5, 5.41) is 17.3. The minimum Gasteiger partial charge on any atom is -0.479 e. The molecule has 2 aromatic carbocycles. The molecular formula is C18H18F2O6. The largest absolute Gasteiger partial charge is 0.479 e. The number of rotatable bonds is 5. The minimum atomic E-state index is -1.58. The van der Waals surface area contributed by atoms with Crippen LogP contribution in [0.1, 0.15) is 23.3 Å². The van der Waals surface area contributed by atoms with Gasteiger partial charge in [-0.25, -0.2) is 18.4 Å². The highest BCUT2D eigenvalue weighted by atomic mass is 19.1. The molecule has 0 aromatic heterocycles. The third-order valence-corrected chi connectivity index (χ3v) is 3.24. The second-order valence-electron chi connectivity index (χ2n) is 4.98. The van der Waals surface area contributed by atoms with Crippen molar-refractivity contribution in [1.82, 2.24) is 0 Å². The van der Waals surface area contributed by atoms with Crippen LogP contribution in [0.15, 0.2) is 48.5 Å². The van der Waals surface area contributed by atoms with Crippen molar-refractivity contribution in [3.63, 3.8) is 0 Å². The first-order valence-electron chi connectivity index (χ1n) is 7.32. The summed E-state index contributed by atoms with van der Waals surface area (Å²) in [6.45, 7) is 0. The minimum absolute atomic E-state index is 0.170. The number of carbonyl (C=O) groups is 2. The molecule has 0 bridgehead atoms. The van der Waals surface area contributed by atoms with Crippen LogP contribution in [0, 0.1) is 11.6 Å². The lowest BCUT2D eigenvalue weighted by Gasteiger charge is -2.12. The molecule has 6 nitrogen and oxygen atoms in total. The summed E-state index contributed by atoms with van der Waals surface area (Å²) in [5.41, 5.74) is 0.740. The van der Waals surface area contributed by atoms with E-state index in [-0.39, 0.29) is 11.4 Å². The third-order valence-electron chi connectivity index (χ3n) is 3.24. The Labute approximate surface area is 148 Å². The molecular weight excluding hydrogens is 350 g/mol. The molecule has 140 valence electrons. The van der Waals surface area contributed by atoms with Crippen molar-refractivity contribution < 1.29 is 38.1 Å². The van der Waals surface area contributed by atoms with E-state index in [0.717, 1.165) is 12.1 Å². The van der Waals surface area contributed by atoms with E-state index < -0.39 is 30.0 Å². The van der Waals surface area contributed by atoms with E-state index in [0.29, 0.717) is 5.56 Å². The Kier molecular flexibility index (Phi) is 8.33. The van der Waals surface area contributed by atoms with Gasteiger partial charge in [-0.2, -0.15) is 0 Å². The maximum atomic E-state index is 12.6. The van der Waals surface area contributed by atoms with Gasteiger partial charge in [0, 0.05) is 7.11 Å². The number of aliphatic carboxylic acids is 1. The SMILES string of the molecule is COC(=O)C(OC)c1ccc(F)cc1.O=C(O)C(O)c1ccc(F)cc1. The Morgan fingerprint density at radius 1 is 0.885 bits per heavy atom. The molecule has 0 fully saturated rings. The predicted molar refractivity (Wildman–Crippen MR) is 87.2 cm³/mol. The van der Waals surface area contributed by atoms with Gasteiger partial charge in [-0.1, -0.05) is 24.3 Å². The highest BCUT2D eigenvalue weighted by molar-refractivity contribution is 5.76. The summed E-state index contributed by atoms with van der Waals surface area (Å²) in [5.74, 6) is -2.66. The smallest absolute Gasteiger partial charge is 0.339 e. The van der Waals surface area contributed by atoms with Crippen molar-refractivity contribution in [3.05, 3.63) is 71.3 Å². The number of carbonyl (C=O) groups excluding carboxylic acids is 1. The van der Waals surface area contributed by atoms with Gasteiger partial charge in [-0.05, 0) is 35.4 Å². The maximum Gasteiger partial charge on any atom is 0.339 e. The number of carboxylic acid groups (broad SMARTS) is 1. The maximum absolute atomic E-state index is 12.6. The van der Waals surface area contributed by atoms with Crippen molar-refractivity contribution in [2.24, 2.45) is 0 Å². The number of carboxylic acids is 1. The molecule has 8 heteroatoms. The number of halogens is 2.